The molecule has 6 nitrogen and oxygen atoms in total. The Morgan fingerprint density at radius 1 is 1.27 bits per heavy atom. The molecule has 4 rings (SSSR count). The number of benzene rings is 2. The number of aryl methyl sites for hydroxylation is 1. The minimum absolute atomic E-state index is 0.0958. The summed E-state index contributed by atoms with van der Waals surface area (Å²) in [5, 5.41) is 5.58. The van der Waals surface area contributed by atoms with Gasteiger partial charge < -0.3 is 5.32 Å². The van der Waals surface area contributed by atoms with Crippen molar-refractivity contribution in [3.8, 4) is 11.3 Å². The van der Waals surface area contributed by atoms with E-state index in [-0.39, 0.29) is 18.4 Å². The highest BCUT2D eigenvalue weighted by molar-refractivity contribution is 7.92. The maximum Gasteiger partial charge on any atom is 0.232 e. The van der Waals surface area contributed by atoms with Crippen molar-refractivity contribution in [3.63, 3.8) is 0 Å². The molecule has 1 N–H and O–H groups in total. The molecule has 156 valence electrons. The summed E-state index contributed by atoms with van der Waals surface area (Å²) in [6, 6.07) is 13.3. The van der Waals surface area contributed by atoms with Crippen LogP contribution in [-0.4, -0.2) is 31.6 Å². The van der Waals surface area contributed by atoms with Gasteiger partial charge in [-0.1, -0.05) is 18.2 Å². The van der Waals surface area contributed by atoms with Gasteiger partial charge in [0, 0.05) is 22.7 Å². The fourth-order valence-electron chi connectivity index (χ4n) is 3.86. The van der Waals surface area contributed by atoms with E-state index in [4.69, 9.17) is 0 Å². The number of hydrogen-bond donors (Lipinski definition) is 1. The molecular formula is C22H23N3O3S2. The third-order valence-electron chi connectivity index (χ3n) is 5.05. The van der Waals surface area contributed by atoms with Gasteiger partial charge in [0.2, 0.25) is 15.9 Å². The van der Waals surface area contributed by atoms with Gasteiger partial charge in [0.25, 0.3) is 0 Å². The van der Waals surface area contributed by atoms with Crippen LogP contribution in [0.3, 0.4) is 0 Å². The number of nitrogens with zero attached hydrogens (tertiary/aromatic N) is 2. The molecule has 30 heavy (non-hydrogen) atoms. The van der Waals surface area contributed by atoms with E-state index >= 15 is 0 Å². The fourth-order valence-corrected chi connectivity index (χ4v) is 5.92. The van der Waals surface area contributed by atoms with E-state index in [1.165, 1.54) is 21.9 Å². The Labute approximate surface area is 180 Å². The lowest BCUT2D eigenvalue weighted by Crippen LogP contribution is -2.34. The number of carbonyl (C=O) groups is 1. The van der Waals surface area contributed by atoms with Crippen LogP contribution in [0.1, 0.15) is 23.1 Å². The first-order chi connectivity index (χ1) is 14.2. The molecule has 0 bridgehead atoms. The molecule has 2 heterocycles. The Kier molecular flexibility index (Phi) is 5.38. The van der Waals surface area contributed by atoms with Crippen LogP contribution in [0.25, 0.3) is 11.3 Å². The molecule has 0 unspecified atom stereocenters. The highest BCUT2D eigenvalue weighted by atomic mass is 32.2. The molecule has 1 aliphatic heterocycles. The molecule has 0 spiro atoms. The van der Waals surface area contributed by atoms with Gasteiger partial charge in [0.15, 0.2) is 0 Å². The Hall–Kier alpha value is -2.71. The third-order valence-corrected chi connectivity index (χ3v) is 7.17. The first kappa shape index (κ1) is 20.6. The smallest absolute Gasteiger partial charge is 0.232 e. The first-order valence-corrected chi connectivity index (χ1v) is 12.4. The fraction of sp³-hybridized carbons (Fsp3) is 0.273. The van der Waals surface area contributed by atoms with E-state index in [1.807, 2.05) is 61.7 Å². The highest BCUT2D eigenvalue weighted by Gasteiger charge is 2.32. The van der Waals surface area contributed by atoms with Gasteiger partial charge in [-0.15, -0.1) is 11.3 Å². The average molecular weight is 442 g/mol. The lowest BCUT2D eigenvalue weighted by atomic mass is 10.1. The summed E-state index contributed by atoms with van der Waals surface area (Å²) in [5.41, 5.74) is 5.33. The predicted molar refractivity (Wildman–Crippen MR) is 122 cm³/mol. The van der Waals surface area contributed by atoms with Crippen molar-refractivity contribution < 1.29 is 13.2 Å². The van der Waals surface area contributed by atoms with Gasteiger partial charge in [0.1, 0.15) is 5.01 Å². The van der Waals surface area contributed by atoms with Gasteiger partial charge in [-0.2, -0.15) is 0 Å². The standard InChI is InChI=1S/C22H23N3O3S2/c1-14-5-4-6-18(9-14)23-21(26)12-22-24-19(13-29-22)16-7-8-20-17(11-16)10-15(2)25(20)30(3,27)28/h4-9,11,13,15H,10,12H2,1-3H3,(H,23,26)/t15-/m0/s1. The summed E-state index contributed by atoms with van der Waals surface area (Å²) in [6.45, 7) is 3.89. The van der Waals surface area contributed by atoms with Gasteiger partial charge in [-0.05, 0) is 55.7 Å². The average Bonchev–Trinajstić information content (AvgIpc) is 3.23. The van der Waals surface area contributed by atoms with Crippen LogP contribution in [0, 0.1) is 6.92 Å². The zero-order chi connectivity index (χ0) is 21.5. The summed E-state index contributed by atoms with van der Waals surface area (Å²) in [5.74, 6) is -0.104. The number of hydrogen-bond acceptors (Lipinski definition) is 5. The minimum Gasteiger partial charge on any atom is -0.326 e. The number of aromatic nitrogens is 1. The van der Waals surface area contributed by atoms with Crippen LogP contribution in [-0.2, 0) is 27.7 Å². The number of anilines is 2. The molecule has 2 aromatic carbocycles. The molecular weight excluding hydrogens is 418 g/mol. The van der Waals surface area contributed by atoms with Crippen LogP contribution >= 0.6 is 11.3 Å². The summed E-state index contributed by atoms with van der Waals surface area (Å²) < 4.78 is 25.7. The summed E-state index contributed by atoms with van der Waals surface area (Å²) in [4.78, 5) is 17.0. The normalized spacial score (nSPS) is 15.8. The molecule has 1 amide bonds. The second-order valence-electron chi connectivity index (χ2n) is 7.68. The van der Waals surface area contributed by atoms with Gasteiger partial charge >= 0.3 is 0 Å². The second-order valence-corrected chi connectivity index (χ2v) is 10.5. The van der Waals surface area contributed by atoms with Crippen molar-refractivity contribution in [2.45, 2.75) is 32.7 Å². The van der Waals surface area contributed by atoms with E-state index < -0.39 is 10.0 Å². The molecule has 3 aromatic rings. The number of fused-ring (bicyclic) bond motifs is 1. The molecule has 0 saturated carbocycles. The van der Waals surface area contributed by atoms with Gasteiger partial charge in [-0.25, -0.2) is 13.4 Å². The molecule has 0 saturated heterocycles. The van der Waals surface area contributed by atoms with E-state index in [1.54, 1.807) is 0 Å². The molecule has 0 radical (unpaired) electrons. The number of carbonyl (C=O) groups excluding carboxylic acids is 1. The van der Waals surface area contributed by atoms with E-state index in [0.29, 0.717) is 6.42 Å². The SMILES string of the molecule is Cc1cccc(NC(=O)Cc2nc(-c3ccc4c(c3)C[C@H](C)N4S(C)(=O)=O)cs2)c1. The van der Waals surface area contributed by atoms with Gasteiger partial charge in [-0.3, -0.25) is 9.10 Å². The van der Waals surface area contributed by atoms with Crippen LogP contribution in [0.5, 0.6) is 0 Å². The Morgan fingerprint density at radius 3 is 2.80 bits per heavy atom. The Morgan fingerprint density at radius 2 is 2.07 bits per heavy atom. The molecule has 0 aliphatic carbocycles. The van der Waals surface area contributed by atoms with Crippen molar-refractivity contribution >= 4 is 38.6 Å². The number of rotatable bonds is 5. The van der Waals surface area contributed by atoms with Crippen LogP contribution in [0.15, 0.2) is 47.8 Å². The monoisotopic (exact) mass is 441 g/mol. The zero-order valence-electron chi connectivity index (χ0n) is 17.0. The Bertz CT molecular complexity index is 1220. The minimum atomic E-state index is -3.31. The number of thiazole rings is 1. The molecule has 1 aromatic heterocycles. The quantitative estimate of drug-likeness (QED) is 0.649. The number of amides is 1. The third kappa shape index (κ3) is 4.24. The van der Waals surface area contributed by atoms with Crippen LogP contribution < -0.4 is 9.62 Å². The summed E-state index contributed by atoms with van der Waals surface area (Å²) in [7, 11) is -3.31. The number of nitrogens with one attached hydrogen (secondary N) is 1. The van der Waals surface area contributed by atoms with Crippen molar-refractivity contribution in [3.05, 3.63) is 64.0 Å². The highest BCUT2D eigenvalue weighted by Crippen LogP contribution is 2.37. The van der Waals surface area contributed by atoms with Crippen molar-refractivity contribution in [1.82, 2.24) is 4.98 Å². The van der Waals surface area contributed by atoms with E-state index in [2.05, 4.69) is 10.3 Å². The largest absolute Gasteiger partial charge is 0.326 e. The first-order valence-electron chi connectivity index (χ1n) is 9.64. The molecule has 0 fully saturated rings. The topological polar surface area (TPSA) is 79.4 Å². The van der Waals surface area contributed by atoms with Crippen molar-refractivity contribution in [2.75, 3.05) is 15.9 Å². The molecule has 8 heteroatoms. The second kappa shape index (κ2) is 7.85. The maximum absolute atomic E-state index is 12.4. The summed E-state index contributed by atoms with van der Waals surface area (Å²) in [6.07, 6.45) is 2.12. The van der Waals surface area contributed by atoms with E-state index in [9.17, 15) is 13.2 Å². The van der Waals surface area contributed by atoms with Crippen molar-refractivity contribution in [1.29, 1.82) is 0 Å². The Balaban J connectivity index is 1.50. The molecule has 1 aliphatic rings. The molecule has 1 atom stereocenters. The van der Waals surface area contributed by atoms with Crippen LogP contribution in [0.2, 0.25) is 0 Å². The van der Waals surface area contributed by atoms with Crippen LogP contribution in [0.4, 0.5) is 11.4 Å². The lowest BCUT2D eigenvalue weighted by molar-refractivity contribution is -0.115. The van der Waals surface area contributed by atoms with Gasteiger partial charge in [0.05, 0.1) is 24.1 Å². The van der Waals surface area contributed by atoms with Crippen molar-refractivity contribution in [2.24, 2.45) is 0 Å². The summed E-state index contributed by atoms with van der Waals surface area (Å²) >= 11 is 1.45. The predicted octanol–water partition coefficient (Wildman–Crippen LogP) is 4.01. The maximum atomic E-state index is 12.4. The van der Waals surface area contributed by atoms with E-state index in [0.717, 1.165) is 38.8 Å². The number of sulfonamides is 1. The zero-order valence-corrected chi connectivity index (χ0v) is 18.7. The lowest BCUT2D eigenvalue weighted by Gasteiger charge is -2.21.